The van der Waals surface area contributed by atoms with Crippen LogP contribution in [0.2, 0.25) is 76.6 Å². The summed E-state index contributed by atoms with van der Waals surface area (Å²) in [6, 6.07) is 3.58. The molecule has 0 fully saturated rings. The second-order valence-electron chi connectivity index (χ2n) is 16.1. The Balaban J connectivity index is -0.000000324. The molecule has 0 spiro atoms. The Morgan fingerprint density at radius 2 is 1.12 bits per heavy atom. The molecule has 0 aromatic heterocycles. The van der Waals surface area contributed by atoms with E-state index in [-0.39, 0.29) is 11.9 Å². The molecular formula is C35H82O13Si4. The van der Waals surface area contributed by atoms with E-state index in [9.17, 15) is 9.59 Å². The van der Waals surface area contributed by atoms with E-state index in [4.69, 9.17) is 43.7 Å². The normalized spacial score (nSPS) is 13.7. The van der Waals surface area contributed by atoms with Gasteiger partial charge in [0.05, 0.1) is 38.4 Å². The van der Waals surface area contributed by atoms with Gasteiger partial charge in [-0.1, -0.05) is 13.8 Å². The Morgan fingerprint density at radius 3 is 1.54 bits per heavy atom. The Labute approximate surface area is 327 Å². The van der Waals surface area contributed by atoms with Gasteiger partial charge < -0.3 is 52.3 Å². The quantitative estimate of drug-likeness (QED) is 0.0284. The highest BCUT2D eigenvalue weighted by molar-refractivity contribution is 6.70. The molecule has 0 aliphatic heterocycles. The average Bonchev–Trinajstić information content (AvgIpc) is 3.13. The lowest BCUT2D eigenvalue weighted by atomic mass is 9.91. The molecule has 0 amide bonds. The van der Waals surface area contributed by atoms with Crippen molar-refractivity contribution in [1.29, 1.82) is 5.72 Å². The zero-order valence-corrected chi connectivity index (χ0v) is 39.7. The van der Waals surface area contributed by atoms with Gasteiger partial charge >= 0.3 is 11.9 Å². The lowest BCUT2D eigenvalue weighted by molar-refractivity contribution is -0.154. The minimum Gasteiger partial charge on any atom is -0.466 e. The molecule has 52 heavy (non-hydrogen) atoms. The van der Waals surface area contributed by atoms with Crippen LogP contribution in [0.4, 0.5) is 0 Å². The summed E-state index contributed by atoms with van der Waals surface area (Å²) in [5.74, 6) is 0.0460. The van der Waals surface area contributed by atoms with Crippen LogP contribution < -0.4 is 0 Å². The van der Waals surface area contributed by atoms with E-state index in [2.05, 4.69) is 21.3 Å². The lowest BCUT2D eigenvalue weighted by Crippen LogP contribution is -2.28. The number of esters is 2. The summed E-state index contributed by atoms with van der Waals surface area (Å²) in [6.07, 6.45) is 3.27. The Morgan fingerprint density at radius 1 is 0.654 bits per heavy atom. The standard InChI is InChI=1S/C11H24O3Si.C9H22O4Si.C8H20O3Si.C7H16O3Si/c1-6-11(2,3)10(12)14-8-7-9-15(4,5)13;1-11-6-7-13-9-12-5-4-8-14(2,3)10;1-8(5-11-7-10-2)6-12(3,4)9;1-7(8)10-5-4-6-11(2,3)9/h13H,6-9H2,1-5H3;10H,4-9H2,1-3H3;8-9H,5-7H2,1-4H3;9H,4-6H2,1-3H3/i13T;10T;2*9T. The van der Waals surface area contributed by atoms with Crippen LogP contribution in [0.1, 0.15) is 60.3 Å². The maximum Gasteiger partial charge on any atom is 0.311 e. The highest BCUT2D eigenvalue weighted by Gasteiger charge is 2.27. The molecule has 13 nitrogen and oxygen atoms in total. The number of ether oxygens (including phenoxy) is 7. The highest BCUT2D eigenvalue weighted by atomic mass is 28.4. The summed E-state index contributed by atoms with van der Waals surface area (Å²) in [6.45, 7) is 29.3. The fourth-order valence-electron chi connectivity index (χ4n) is 3.87. The lowest BCUT2D eigenvalue weighted by Gasteiger charge is -2.20. The predicted molar refractivity (Wildman–Crippen MR) is 219 cm³/mol. The first kappa shape index (κ1) is 49.5. The number of hydrogen-bond donors (Lipinski definition) is 4. The van der Waals surface area contributed by atoms with E-state index in [0.29, 0.717) is 59.1 Å². The maximum absolute atomic E-state index is 11.6. The smallest absolute Gasteiger partial charge is 0.311 e. The molecule has 0 saturated heterocycles. The second kappa shape index (κ2) is 32.7. The molecule has 1 atom stereocenters. The van der Waals surface area contributed by atoms with E-state index in [1.54, 1.807) is 14.2 Å². The molecule has 0 saturated carbocycles. The molecule has 0 aliphatic carbocycles. The van der Waals surface area contributed by atoms with Gasteiger partial charge in [0.2, 0.25) is 0 Å². The minimum atomic E-state index is -1.83. The van der Waals surface area contributed by atoms with E-state index in [1.165, 1.54) is 6.92 Å². The molecular weight excluding hydrogens is 741 g/mol. The van der Waals surface area contributed by atoms with Crippen LogP contribution in [-0.4, -0.2) is 138 Å². The van der Waals surface area contributed by atoms with Crippen molar-refractivity contribution in [3.63, 3.8) is 0 Å². The van der Waals surface area contributed by atoms with E-state index >= 15 is 0 Å². The largest absolute Gasteiger partial charge is 0.466 e. The van der Waals surface area contributed by atoms with Crippen LogP contribution in [0, 0.1) is 11.3 Å². The third-order valence-electron chi connectivity index (χ3n) is 6.93. The molecule has 0 rings (SSSR count). The van der Waals surface area contributed by atoms with Gasteiger partial charge in [-0.2, -0.15) is 0 Å². The molecule has 0 aliphatic rings. The van der Waals surface area contributed by atoms with Crippen molar-refractivity contribution in [2.75, 3.05) is 67.4 Å². The number of methoxy groups -OCH3 is 2. The van der Waals surface area contributed by atoms with Crippen molar-refractivity contribution in [3.05, 3.63) is 0 Å². The third kappa shape index (κ3) is 56.2. The van der Waals surface area contributed by atoms with Crippen molar-refractivity contribution in [2.45, 2.75) is 137 Å². The van der Waals surface area contributed by atoms with Crippen LogP contribution in [0.25, 0.3) is 0 Å². The van der Waals surface area contributed by atoms with Gasteiger partial charge in [0.25, 0.3) is 0 Å². The van der Waals surface area contributed by atoms with Crippen LogP contribution in [0.15, 0.2) is 0 Å². The van der Waals surface area contributed by atoms with Crippen LogP contribution in [0.3, 0.4) is 0 Å². The molecule has 1 unspecified atom stereocenters. The van der Waals surface area contributed by atoms with Gasteiger partial charge in [0, 0.05) is 27.8 Å². The fraction of sp³-hybridized carbons (Fsp3) is 0.943. The first-order chi connectivity index (χ1) is 25.9. The zero-order chi connectivity index (χ0) is 44.3. The summed E-state index contributed by atoms with van der Waals surface area (Å²) in [5.41, 5.74) is -0.390. The molecule has 0 bridgehead atoms. The average molecular weight is 831 g/mol. The summed E-state index contributed by atoms with van der Waals surface area (Å²) in [5, 5.41) is 0. The topological polar surface area (TPSA) is 180 Å². The molecule has 316 valence electrons. The SMILES string of the molecule is [3H]O[Si](C)(C)CC(C)COCOC.[3H]O[Si](C)(C)CCCOC(=O)C(C)(C)CC.[3H]O[Si](C)(C)CCCOC(C)=O.[3H]O[Si](C)(C)CCCOCOCCOC. The number of rotatable bonds is 29. The predicted octanol–water partition coefficient (Wildman–Crippen LogP) is 6.34. The van der Waals surface area contributed by atoms with Gasteiger partial charge in [-0.25, -0.2) is 0 Å². The summed E-state index contributed by atoms with van der Waals surface area (Å²) in [7, 11) is -3.85. The molecule has 0 aromatic rings. The van der Waals surface area contributed by atoms with Gasteiger partial charge in [0.15, 0.2) is 39.0 Å². The summed E-state index contributed by atoms with van der Waals surface area (Å²) < 4.78 is 62.6. The maximum atomic E-state index is 11.6. The fourth-order valence-corrected chi connectivity index (χ4v) is 8.65. The van der Waals surface area contributed by atoms with Gasteiger partial charge in [0.1, 0.15) is 13.6 Å². The van der Waals surface area contributed by atoms with Crippen LogP contribution >= 0.6 is 0 Å². The number of carbonyl (C=O) groups excluding carboxylic acids is 2. The first-order valence-electron chi connectivity index (χ1n) is 20.1. The van der Waals surface area contributed by atoms with Crippen molar-refractivity contribution in [1.82, 2.24) is 0 Å². The molecule has 17 heteroatoms. The van der Waals surface area contributed by atoms with Crippen LogP contribution in [-0.2, 0) is 42.7 Å². The molecule has 0 aromatic carbocycles. The van der Waals surface area contributed by atoms with Gasteiger partial charge in [-0.15, -0.1) is 0 Å². The van der Waals surface area contributed by atoms with E-state index in [0.717, 1.165) is 49.9 Å². The summed E-state index contributed by atoms with van der Waals surface area (Å²) >= 11 is 0. The van der Waals surface area contributed by atoms with Gasteiger partial charge in [-0.05, 0) is 122 Å². The van der Waals surface area contributed by atoms with E-state index < -0.39 is 38.7 Å². The van der Waals surface area contributed by atoms with Gasteiger partial charge in [-0.3, -0.25) is 9.59 Å². The number of hydrogen-bond acceptors (Lipinski definition) is 13. The van der Waals surface area contributed by atoms with Crippen molar-refractivity contribution < 1.29 is 61.9 Å². The Bertz CT molecular complexity index is 942. The molecule has 0 radical (unpaired) electrons. The monoisotopic (exact) mass is 831 g/mol. The molecule has 0 heterocycles. The molecule has 4 N–H and O–H groups in total. The first-order valence-corrected chi connectivity index (χ1v) is 30.9. The number of carbonyl (C=O) groups is 2. The Hall–Kier alpha value is -0.552. The summed E-state index contributed by atoms with van der Waals surface area (Å²) in [4.78, 5) is 40.6. The zero-order valence-electron chi connectivity index (χ0n) is 39.7. The van der Waals surface area contributed by atoms with Crippen molar-refractivity contribution in [3.8, 4) is 0 Å². The van der Waals surface area contributed by atoms with E-state index in [1.807, 2.05) is 73.1 Å². The van der Waals surface area contributed by atoms with Crippen LogP contribution in [0.5, 0.6) is 0 Å². The second-order valence-corrected chi connectivity index (χ2v) is 32.1. The minimum absolute atomic E-state index is 0.138. The van der Waals surface area contributed by atoms with Crippen molar-refractivity contribution >= 4 is 45.2 Å². The highest BCUT2D eigenvalue weighted by Crippen LogP contribution is 2.22. The third-order valence-corrected chi connectivity index (χ3v) is 13.3. The Kier molecular flexibility index (Phi) is 31.1. The van der Waals surface area contributed by atoms with Crippen molar-refractivity contribution in [2.24, 2.45) is 11.3 Å².